The molecule has 0 aromatic carbocycles. The van der Waals surface area contributed by atoms with Crippen LogP contribution in [-0.4, -0.2) is 25.7 Å². The largest absolute Gasteiger partial charge is 0.522 e. The van der Waals surface area contributed by atoms with Gasteiger partial charge in [-0.15, -0.1) is 13.2 Å². The molecule has 0 N–H and O–H groups in total. The van der Waals surface area contributed by atoms with Gasteiger partial charge in [-0.05, 0) is 6.42 Å². The first-order valence-corrected chi connectivity index (χ1v) is 2.90. The Kier molecular flexibility index (Phi) is 2.15. The maximum Gasteiger partial charge on any atom is 0.522 e. The smallest absolute Gasteiger partial charge is 0.379 e. The summed E-state index contributed by atoms with van der Waals surface area (Å²) in [4.78, 5) is 0. The average Bonchev–Trinajstić information content (AvgIpc) is 2.12. The van der Waals surface area contributed by atoms with E-state index in [9.17, 15) is 13.2 Å². The van der Waals surface area contributed by atoms with Gasteiger partial charge in [0.1, 0.15) is 0 Å². The van der Waals surface area contributed by atoms with Crippen molar-refractivity contribution < 1.29 is 22.6 Å². The summed E-state index contributed by atoms with van der Waals surface area (Å²) < 4.78 is 42.6. The summed E-state index contributed by atoms with van der Waals surface area (Å²) in [5, 5.41) is 0. The van der Waals surface area contributed by atoms with Crippen LogP contribution in [0.1, 0.15) is 6.42 Å². The second-order valence-electron chi connectivity index (χ2n) is 2.05. The van der Waals surface area contributed by atoms with Crippen LogP contribution in [0, 0.1) is 0 Å². The zero-order valence-corrected chi connectivity index (χ0v) is 5.15. The SMILES string of the molecule is FC(F)(F)OC1CCOC1. The van der Waals surface area contributed by atoms with Crippen LogP contribution in [0.4, 0.5) is 13.2 Å². The molecule has 1 unspecified atom stereocenters. The molecule has 5 heteroatoms. The first-order valence-electron chi connectivity index (χ1n) is 2.90. The molecule has 1 fully saturated rings. The van der Waals surface area contributed by atoms with E-state index in [1.54, 1.807) is 0 Å². The maximum absolute atomic E-state index is 11.4. The number of hydrogen-bond acceptors (Lipinski definition) is 2. The van der Waals surface area contributed by atoms with Gasteiger partial charge in [0, 0.05) is 6.61 Å². The van der Waals surface area contributed by atoms with Crippen molar-refractivity contribution in [1.29, 1.82) is 0 Å². The average molecular weight is 156 g/mol. The molecule has 0 aromatic heterocycles. The fourth-order valence-electron chi connectivity index (χ4n) is 0.795. The van der Waals surface area contributed by atoms with Crippen molar-refractivity contribution in [2.75, 3.05) is 13.2 Å². The van der Waals surface area contributed by atoms with Crippen LogP contribution in [0.3, 0.4) is 0 Å². The monoisotopic (exact) mass is 156 g/mol. The van der Waals surface area contributed by atoms with Crippen molar-refractivity contribution in [2.24, 2.45) is 0 Å². The van der Waals surface area contributed by atoms with Crippen LogP contribution in [-0.2, 0) is 9.47 Å². The van der Waals surface area contributed by atoms with Gasteiger partial charge < -0.3 is 4.74 Å². The van der Waals surface area contributed by atoms with E-state index in [2.05, 4.69) is 9.47 Å². The predicted molar refractivity (Wildman–Crippen MR) is 26.4 cm³/mol. The van der Waals surface area contributed by atoms with E-state index < -0.39 is 12.5 Å². The quantitative estimate of drug-likeness (QED) is 0.569. The first kappa shape index (κ1) is 7.81. The Balaban J connectivity index is 2.24. The third-order valence-electron chi connectivity index (χ3n) is 1.19. The highest BCUT2D eigenvalue weighted by molar-refractivity contribution is 4.63. The minimum Gasteiger partial charge on any atom is -0.379 e. The summed E-state index contributed by atoms with van der Waals surface area (Å²) in [6.07, 6.45) is -4.97. The van der Waals surface area contributed by atoms with E-state index in [1.807, 2.05) is 0 Å². The van der Waals surface area contributed by atoms with Crippen LogP contribution in [0.5, 0.6) is 0 Å². The Morgan fingerprint density at radius 2 is 2.10 bits per heavy atom. The van der Waals surface area contributed by atoms with E-state index in [4.69, 9.17) is 0 Å². The molecule has 0 saturated carbocycles. The lowest BCUT2D eigenvalue weighted by molar-refractivity contribution is -0.341. The van der Waals surface area contributed by atoms with Crippen LogP contribution in [0.15, 0.2) is 0 Å². The van der Waals surface area contributed by atoms with Gasteiger partial charge in [0.25, 0.3) is 0 Å². The third-order valence-corrected chi connectivity index (χ3v) is 1.19. The summed E-state index contributed by atoms with van der Waals surface area (Å²) in [6.45, 7) is 0.417. The number of halogens is 3. The molecule has 1 aliphatic heterocycles. The maximum atomic E-state index is 11.4. The Morgan fingerprint density at radius 1 is 1.40 bits per heavy atom. The van der Waals surface area contributed by atoms with E-state index in [0.717, 1.165) is 0 Å². The zero-order valence-electron chi connectivity index (χ0n) is 5.15. The van der Waals surface area contributed by atoms with E-state index in [1.165, 1.54) is 0 Å². The fraction of sp³-hybridized carbons (Fsp3) is 1.00. The van der Waals surface area contributed by atoms with Gasteiger partial charge in [-0.3, -0.25) is 4.74 Å². The van der Waals surface area contributed by atoms with Gasteiger partial charge in [-0.25, -0.2) is 0 Å². The molecule has 0 aromatic rings. The number of ether oxygens (including phenoxy) is 2. The summed E-state index contributed by atoms with van der Waals surface area (Å²) in [5.41, 5.74) is 0. The van der Waals surface area contributed by atoms with Crippen LogP contribution < -0.4 is 0 Å². The predicted octanol–water partition coefficient (Wildman–Crippen LogP) is 1.31. The lowest BCUT2D eigenvalue weighted by Gasteiger charge is -2.11. The molecule has 1 rings (SSSR count). The zero-order chi connectivity index (χ0) is 7.61. The number of alkyl halides is 3. The molecule has 1 heterocycles. The highest BCUT2D eigenvalue weighted by atomic mass is 19.4. The van der Waals surface area contributed by atoms with E-state index in [-0.39, 0.29) is 6.61 Å². The van der Waals surface area contributed by atoms with E-state index >= 15 is 0 Å². The molecule has 0 bridgehead atoms. The molecule has 2 nitrogen and oxygen atoms in total. The van der Waals surface area contributed by atoms with Gasteiger partial charge in [0.15, 0.2) is 0 Å². The van der Waals surface area contributed by atoms with Gasteiger partial charge in [0.2, 0.25) is 0 Å². The second-order valence-corrected chi connectivity index (χ2v) is 2.05. The Bertz CT molecular complexity index is 106. The second kappa shape index (κ2) is 2.75. The normalized spacial score (nSPS) is 27.3. The minimum absolute atomic E-state index is 0.0551. The standard InChI is InChI=1S/C5H7F3O2/c6-5(7,8)10-4-1-2-9-3-4/h4H,1-3H2. The molecule has 1 saturated heterocycles. The molecule has 60 valence electrons. The Hall–Kier alpha value is -0.290. The number of rotatable bonds is 1. The molecule has 1 atom stereocenters. The molecular formula is C5H7F3O2. The van der Waals surface area contributed by atoms with Crippen molar-refractivity contribution >= 4 is 0 Å². The molecule has 0 radical (unpaired) electrons. The van der Waals surface area contributed by atoms with Gasteiger partial charge in [-0.1, -0.05) is 0 Å². The molecule has 10 heavy (non-hydrogen) atoms. The van der Waals surface area contributed by atoms with Crippen LogP contribution in [0.2, 0.25) is 0 Å². The Morgan fingerprint density at radius 3 is 2.50 bits per heavy atom. The van der Waals surface area contributed by atoms with Gasteiger partial charge in [-0.2, -0.15) is 0 Å². The minimum atomic E-state index is -4.52. The highest BCUT2D eigenvalue weighted by Gasteiger charge is 2.34. The third kappa shape index (κ3) is 2.53. The van der Waals surface area contributed by atoms with Crippen molar-refractivity contribution in [3.8, 4) is 0 Å². The topological polar surface area (TPSA) is 18.5 Å². The molecule has 0 aliphatic carbocycles. The van der Waals surface area contributed by atoms with Gasteiger partial charge in [0.05, 0.1) is 12.7 Å². The molecule has 0 amide bonds. The molecule has 1 aliphatic rings. The van der Waals surface area contributed by atoms with E-state index in [0.29, 0.717) is 13.0 Å². The summed E-state index contributed by atoms with van der Waals surface area (Å²) in [5.74, 6) is 0. The van der Waals surface area contributed by atoms with Crippen LogP contribution >= 0.6 is 0 Å². The Labute approximate surface area is 55.9 Å². The first-order chi connectivity index (χ1) is 4.58. The molecular weight excluding hydrogens is 149 g/mol. The summed E-state index contributed by atoms with van der Waals surface area (Å²) in [6, 6.07) is 0. The van der Waals surface area contributed by atoms with Crippen molar-refractivity contribution in [3.05, 3.63) is 0 Å². The lowest BCUT2D eigenvalue weighted by atomic mass is 10.3. The van der Waals surface area contributed by atoms with Gasteiger partial charge >= 0.3 is 6.36 Å². The van der Waals surface area contributed by atoms with Crippen LogP contribution in [0.25, 0.3) is 0 Å². The molecule has 0 spiro atoms. The summed E-state index contributed by atoms with van der Waals surface area (Å²) in [7, 11) is 0. The number of hydrogen-bond donors (Lipinski definition) is 0. The lowest BCUT2D eigenvalue weighted by Crippen LogP contribution is -2.23. The van der Waals surface area contributed by atoms with Crippen molar-refractivity contribution in [1.82, 2.24) is 0 Å². The highest BCUT2D eigenvalue weighted by Crippen LogP contribution is 2.22. The summed E-state index contributed by atoms with van der Waals surface area (Å²) >= 11 is 0. The van der Waals surface area contributed by atoms with Crippen molar-refractivity contribution in [3.63, 3.8) is 0 Å². The van der Waals surface area contributed by atoms with Crippen molar-refractivity contribution in [2.45, 2.75) is 18.9 Å². The fourth-order valence-corrected chi connectivity index (χ4v) is 0.795.